The molecule has 106 valence electrons. The van der Waals surface area contributed by atoms with Crippen molar-refractivity contribution in [2.24, 2.45) is 11.7 Å². The average molecular weight is 364 g/mol. The molecule has 0 aromatic carbocycles. The zero-order chi connectivity index (χ0) is 13.4. The summed E-state index contributed by atoms with van der Waals surface area (Å²) in [5.41, 5.74) is 6.07. The van der Waals surface area contributed by atoms with E-state index in [1.54, 1.807) is 11.3 Å². The lowest BCUT2D eigenvalue weighted by molar-refractivity contribution is 0.137. The Hall–Kier alpha value is 0.390. The van der Waals surface area contributed by atoms with Gasteiger partial charge in [-0.05, 0) is 53.7 Å². The zero-order valence-corrected chi connectivity index (χ0v) is 14.1. The first-order valence-corrected chi connectivity index (χ1v) is 9.10. The molecule has 3 rings (SSSR count). The number of nitrogens with zero attached hydrogens (tertiary/aromatic N) is 1. The summed E-state index contributed by atoms with van der Waals surface area (Å²) in [6.45, 7) is 1.89. The fraction of sp³-hybridized carbons (Fsp3) is 0.714. The van der Waals surface area contributed by atoms with Gasteiger partial charge in [-0.15, -0.1) is 11.3 Å². The molecular weight excluding hydrogens is 344 g/mol. The highest BCUT2D eigenvalue weighted by Gasteiger charge is 2.39. The van der Waals surface area contributed by atoms with E-state index in [2.05, 4.69) is 26.9 Å². The number of likely N-dealkylation sites (tertiary alicyclic amines) is 1. The number of halogens is 2. The van der Waals surface area contributed by atoms with E-state index in [1.165, 1.54) is 43.5 Å². The summed E-state index contributed by atoms with van der Waals surface area (Å²) in [5, 5.41) is 0. The fourth-order valence-corrected chi connectivity index (χ4v) is 5.64. The predicted molar refractivity (Wildman–Crippen MR) is 85.9 cm³/mol. The van der Waals surface area contributed by atoms with E-state index >= 15 is 0 Å². The first kappa shape index (κ1) is 14.3. The first-order valence-electron chi connectivity index (χ1n) is 7.11. The zero-order valence-electron chi connectivity index (χ0n) is 10.9. The molecule has 2 N–H and O–H groups in total. The van der Waals surface area contributed by atoms with E-state index in [4.69, 9.17) is 17.3 Å². The van der Waals surface area contributed by atoms with Gasteiger partial charge in [0.05, 0.1) is 6.04 Å². The third-order valence-electron chi connectivity index (χ3n) is 4.67. The topological polar surface area (TPSA) is 29.3 Å². The number of hydrogen-bond donors (Lipinski definition) is 1. The summed E-state index contributed by atoms with van der Waals surface area (Å²) < 4.78 is 1.85. The van der Waals surface area contributed by atoms with E-state index < -0.39 is 0 Å². The van der Waals surface area contributed by atoms with Crippen LogP contribution in [0.4, 0.5) is 0 Å². The molecule has 1 saturated carbocycles. The Labute approximate surface area is 132 Å². The van der Waals surface area contributed by atoms with Crippen LogP contribution in [0, 0.1) is 5.92 Å². The summed E-state index contributed by atoms with van der Waals surface area (Å²) in [5.74, 6) is 0.904. The van der Waals surface area contributed by atoms with Crippen molar-refractivity contribution in [3.05, 3.63) is 19.8 Å². The van der Waals surface area contributed by atoms with Gasteiger partial charge in [0.15, 0.2) is 0 Å². The summed E-state index contributed by atoms with van der Waals surface area (Å²) in [4.78, 5) is 3.96. The normalized spacial score (nSPS) is 29.4. The third-order valence-corrected chi connectivity index (χ3v) is 7.25. The van der Waals surface area contributed by atoms with Crippen LogP contribution >= 0.6 is 38.9 Å². The molecule has 1 aromatic rings. The SMILES string of the molecule is NCC(c1cc(Br)c(Cl)s1)N1CCC2CCCCC21. The monoisotopic (exact) mass is 362 g/mol. The first-order chi connectivity index (χ1) is 9.20. The van der Waals surface area contributed by atoms with Gasteiger partial charge >= 0.3 is 0 Å². The molecule has 0 spiro atoms. The van der Waals surface area contributed by atoms with E-state index in [0.29, 0.717) is 12.6 Å². The maximum atomic E-state index is 6.19. The Balaban J connectivity index is 1.82. The Morgan fingerprint density at radius 1 is 1.42 bits per heavy atom. The largest absolute Gasteiger partial charge is 0.329 e. The van der Waals surface area contributed by atoms with Crippen LogP contribution in [-0.2, 0) is 0 Å². The Morgan fingerprint density at radius 2 is 2.21 bits per heavy atom. The van der Waals surface area contributed by atoms with Gasteiger partial charge in [-0.1, -0.05) is 24.4 Å². The van der Waals surface area contributed by atoms with Crippen molar-refractivity contribution in [2.45, 2.75) is 44.2 Å². The minimum absolute atomic E-state index is 0.349. The Morgan fingerprint density at radius 3 is 2.89 bits per heavy atom. The van der Waals surface area contributed by atoms with Gasteiger partial charge in [0.25, 0.3) is 0 Å². The van der Waals surface area contributed by atoms with Crippen molar-refractivity contribution in [1.82, 2.24) is 4.90 Å². The van der Waals surface area contributed by atoms with Crippen LogP contribution in [0.15, 0.2) is 10.5 Å². The summed E-state index contributed by atoms with van der Waals surface area (Å²) in [6.07, 6.45) is 6.90. The minimum Gasteiger partial charge on any atom is -0.329 e. The van der Waals surface area contributed by atoms with Gasteiger partial charge in [0.2, 0.25) is 0 Å². The maximum absolute atomic E-state index is 6.19. The van der Waals surface area contributed by atoms with Crippen molar-refractivity contribution >= 4 is 38.9 Å². The molecule has 3 atom stereocenters. The fourth-order valence-electron chi connectivity index (χ4n) is 3.77. The van der Waals surface area contributed by atoms with E-state index in [1.807, 2.05) is 0 Å². The lowest BCUT2D eigenvalue weighted by atomic mass is 9.85. The smallest absolute Gasteiger partial charge is 0.107 e. The predicted octanol–water partition coefficient (Wildman–Crippen LogP) is 4.43. The van der Waals surface area contributed by atoms with Gasteiger partial charge in [-0.25, -0.2) is 0 Å². The molecule has 5 heteroatoms. The van der Waals surface area contributed by atoms with E-state index in [-0.39, 0.29) is 0 Å². The molecule has 2 nitrogen and oxygen atoms in total. The van der Waals surface area contributed by atoms with Crippen molar-refractivity contribution in [2.75, 3.05) is 13.1 Å². The third kappa shape index (κ3) is 2.75. The van der Waals surface area contributed by atoms with Gasteiger partial charge in [-0.2, -0.15) is 0 Å². The summed E-state index contributed by atoms with van der Waals surface area (Å²) >= 11 is 11.4. The van der Waals surface area contributed by atoms with E-state index in [0.717, 1.165) is 20.8 Å². The summed E-state index contributed by atoms with van der Waals surface area (Å²) in [7, 11) is 0. The average Bonchev–Trinajstić information content (AvgIpc) is 2.97. The molecule has 2 aliphatic rings. The minimum atomic E-state index is 0.349. The summed E-state index contributed by atoms with van der Waals surface area (Å²) in [6, 6.07) is 3.25. The second-order valence-corrected chi connectivity index (χ2v) is 8.20. The quantitative estimate of drug-likeness (QED) is 0.861. The standard InChI is InChI=1S/C14H20BrClN2S/c15-10-7-13(19-14(10)16)12(8-17)18-6-5-9-3-1-2-4-11(9)18/h7,9,11-12H,1-6,8,17H2. The van der Waals surface area contributed by atoms with Crippen LogP contribution in [0.25, 0.3) is 0 Å². The number of thiophene rings is 1. The van der Waals surface area contributed by atoms with Crippen LogP contribution in [0.5, 0.6) is 0 Å². The molecule has 3 unspecified atom stereocenters. The van der Waals surface area contributed by atoms with Crippen molar-refractivity contribution in [1.29, 1.82) is 0 Å². The van der Waals surface area contributed by atoms with E-state index in [9.17, 15) is 0 Å². The molecule has 1 aliphatic heterocycles. The highest BCUT2D eigenvalue weighted by atomic mass is 79.9. The highest BCUT2D eigenvalue weighted by molar-refractivity contribution is 9.10. The molecule has 19 heavy (non-hydrogen) atoms. The van der Waals surface area contributed by atoms with Crippen LogP contribution in [-0.4, -0.2) is 24.0 Å². The Kier molecular flexibility index (Phi) is 4.54. The second-order valence-electron chi connectivity index (χ2n) is 5.66. The highest BCUT2D eigenvalue weighted by Crippen LogP contribution is 2.43. The van der Waals surface area contributed by atoms with Crippen LogP contribution in [0.1, 0.15) is 43.0 Å². The number of rotatable bonds is 3. The van der Waals surface area contributed by atoms with Crippen LogP contribution in [0.3, 0.4) is 0 Å². The molecular formula is C14H20BrClN2S. The van der Waals surface area contributed by atoms with Crippen LogP contribution < -0.4 is 5.73 Å². The molecule has 1 aliphatic carbocycles. The van der Waals surface area contributed by atoms with Crippen molar-refractivity contribution in [3.8, 4) is 0 Å². The van der Waals surface area contributed by atoms with Crippen LogP contribution in [0.2, 0.25) is 4.34 Å². The van der Waals surface area contributed by atoms with Crippen molar-refractivity contribution < 1.29 is 0 Å². The van der Waals surface area contributed by atoms with Crippen molar-refractivity contribution in [3.63, 3.8) is 0 Å². The van der Waals surface area contributed by atoms with Gasteiger partial charge in [-0.3, -0.25) is 4.90 Å². The molecule has 1 aromatic heterocycles. The Bertz CT molecular complexity index is 431. The molecule has 1 saturated heterocycles. The number of fused-ring (bicyclic) bond motifs is 1. The maximum Gasteiger partial charge on any atom is 0.107 e. The van der Waals surface area contributed by atoms with Gasteiger partial charge in [0.1, 0.15) is 4.34 Å². The molecule has 2 heterocycles. The molecule has 2 fully saturated rings. The van der Waals surface area contributed by atoms with Gasteiger partial charge < -0.3 is 5.73 Å². The lowest BCUT2D eigenvalue weighted by Gasteiger charge is -2.36. The number of hydrogen-bond acceptors (Lipinski definition) is 3. The molecule has 0 bridgehead atoms. The lowest BCUT2D eigenvalue weighted by Crippen LogP contribution is -2.40. The molecule has 0 amide bonds. The number of nitrogens with two attached hydrogens (primary N) is 1. The molecule has 0 radical (unpaired) electrons. The second kappa shape index (κ2) is 6.02. The van der Waals surface area contributed by atoms with Gasteiger partial charge in [0, 0.05) is 21.9 Å².